The van der Waals surface area contributed by atoms with Gasteiger partial charge in [0.2, 0.25) is 0 Å². The van der Waals surface area contributed by atoms with Gasteiger partial charge in [0.05, 0.1) is 0 Å². The molecule has 0 saturated carbocycles. The second-order valence-corrected chi connectivity index (χ2v) is 5.57. The van der Waals surface area contributed by atoms with E-state index in [1.807, 2.05) is 0 Å². The Hall–Kier alpha value is -1.82. The third-order valence-electron chi connectivity index (χ3n) is 4.32. The van der Waals surface area contributed by atoms with Gasteiger partial charge in [-0.1, -0.05) is 73.7 Å². The van der Waals surface area contributed by atoms with Crippen molar-refractivity contribution in [2.75, 3.05) is 0 Å². The summed E-state index contributed by atoms with van der Waals surface area (Å²) in [5.74, 6) is 0. The lowest BCUT2D eigenvalue weighted by molar-refractivity contribution is 0.514. The standard InChI is InChI=1S/C19H20/c1-19(17-12-6-3-7-13-17)15-9-8-14-18(19)16-10-4-2-5-11-16/h2-7,10-14H,8-9,15H2,1H3/t19-/m0/s1. The summed E-state index contributed by atoms with van der Waals surface area (Å²) < 4.78 is 0. The highest BCUT2D eigenvalue weighted by molar-refractivity contribution is 5.75. The minimum Gasteiger partial charge on any atom is -0.0798 e. The highest BCUT2D eigenvalue weighted by atomic mass is 14.4. The molecule has 96 valence electrons. The minimum absolute atomic E-state index is 0.154. The van der Waals surface area contributed by atoms with E-state index in [1.165, 1.54) is 36.0 Å². The first-order valence-corrected chi connectivity index (χ1v) is 7.12. The van der Waals surface area contributed by atoms with E-state index in [0.717, 1.165) is 0 Å². The van der Waals surface area contributed by atoms with Crippen LogP contribution in [0.15, 0.2) is 66.7 Å². The Labute approximate surface area is 115 Å². The van der Waals surface area contributed by atoms with Crippen LogP contribution < -0.4 is 0 Å². The molecule has 1 atom stereocenters. The average Bonchev–Trinajstić information content (AvgIpc) is 2.49. The zero-order chi connectivity index (χ0) is 13.1. The van der Waals surface area contributed by atoms with Gasteiger partial charge in [-0.05, 0) is 36.0 Å². The van der Waals surface area contributed by atoms with Crippen LogP contribution in [-0.2, 0) is 5.41 Å². The van der Waals surface area contributed by atoms with E-state index in [1.54, 1.807) is 0 Å². The highest BCUT2D eigenvalue weighted by Gasteiger charge is 2.33. The van der Waals surface area contributed by atoms with Gasteiger partial charge in [-0.15, -0.1) is 0 Å². The van der Waals surface area contributed by atoms with Gasteiger partial charge < -0.3 is 0 Å². The van der Waals surface area contributed by atoms with Crippen molar-refractivity contribution in [2.24, 2.45) is 0 Å². The van der Waals surface area contributed by atoms with Gasteiger partial charge in [-0.3, -0.25) is 0 Å². The van der Waals surface area contributed by atoms with Gasteiger partial charge >= 0.3 is 0 Å². The monoisotopic (exact) mass is 248 g/mol. The van der Waals surface area contributed by atoms with Crippen molar-refractivity contribution in [1.82, 2.24) is 0 Å². The summed E-state index contributed by atoms with van der Waals surface area (Å²) in [6.07, 6.45) is 6.15. The molecule has 2 aromatic carbocycles. The second kappa shape index (κ2) is 5.05. The van der Waals surface area contributed by atoms with E-state index in [4.69, 9.17) is 0 Å². The van der Waals surface area contributed by atoms with Crippen LogP contribution in [-0.4, -0.2) is 0 Å². The maximum atomic E-state index is 2.44. The van der Waals surface area contributed by atoms with Gasteiger partial charge in [-0.2, -0.15) is 0 Å². The maximum Gasteiger partial charge on any atom is 0.0177 e. The van der Waals surface area contributed by atoms with Crippen LogP contribution in [0, 0.1) is 0 Å². The number of benzene rings is 2. The minimum atomic E-state index is 0.154. The molecule has 0 heterocycles. The molecular formula is C19H20. The molecule has 0 heteroatoms. The third-order valence-corrected chi connectivity index (χ3v) is 4.32. The predicted molar refractivity (Wildman–Crippen MR) is 82.1 cm³/mol. The van der Waals surface area contributed by atoms with E-state index < -0.39 is 0 Å². The molecule has 0 fully saturated rings. The Morgan fingerprint density at radius 3 is 2.16 bits per heavy atom. The maximum absolute atomic E-state index is 2.44. The Kier molecular flexibility index (Phi) is 3.25. The van der Waals surface area contributed by atoms with E-state index in [0.29, 0.717) is 0 Å². The zero-order valence-electron chi connectivity index (χ0n) is 11.5. The Balaban J connectivity index is 2.09. The van der Waals surface area contributed by atoms with Crippen molar-refractivity contribution in [3.05, 3.63) is 77.9 Å². The molecule has 0 nitrogen and oxygen atoms in total. The molecule has 0 spiro atoms. The van der Waals surface area contributed by atoms with Crippen LogP contribution in [0.2, 0.25) is 0 Å². The quantitative estimate of drug-likeness (QED) is 0.684. The molecule has 1 aliphatic rings. The molecular weight excluding hydrogens is 228 g/mol. The molecule has 0 aliphatic heterocycles. The summed E-state index contributed by atoms with van der Waals surface area (Å²) in [4.78, 5) is 0. The van der Waals surface area contributed by atoms with Crippen molar-refractivity contribution < 1.29 is 0 Å². The number of allylic oxidation sites excluding steroid dienone is 2. The summed E-state index contributed by atoms with van der Waals surface area (Å²) in [5.41, 5.74) is 4.45. The van der Waals surface area contributed by atoms with Crippen LogP contribution in [0.1, 0.15) is 37.3 Å². The molecule has 0 aromatic heterocycles. The molecule has 2 aromatic rings. The van der Waals surface area contributed by atoms with E-state index in [2.05, 4.69) is 73.7 Å². The molecule has 0 radical (unpaired) electrons. The van der Waals surface area contributed by atoms with Gasteiger partial charge in [0.1, 0.15) is 0 Å². The molecule has 0 N–H and O–H groups in total. The average molecular weight is 248 g/mol. The van der Waals surface area contributed by atoms with E-state index >= 15 is 0 Å². The summed E-state index contributed by atoms with van der Waals surface area (Å²) in [5, 5.41) is 0. The van der Waals surface area contributed by atoms with Crippen LogP contribution in [0.5, 0.6) is 0 Å². The van der Waals surface area contributed by atoms with Crippen LogP contribution in [0.3, 0.4) is 0 Å². The summed E-state index contributed by atoms with van der Waals surface area (Å²) in [7, 11) is 0. The van der Waals surface area contributed by atoms with Crippen LogP contribution >= 0.6 is 0 Å². The first-order chi connectivity index (χ1) is 9.31. The van der Waals surface area contributed by atoms with E-state index in [9.17, 15) is 0 Å². The summed E-state index contributed by atoms with van der Waals surface area (Å²) >= 11 is 0. The van der Waals surface area contributed by atoms with Crippen molar-refractivity contribution in [3.63, 3.8) is 0 Å². The largest absolute Gasteiger partial charge is 0.0798 e. The Morgan fingerprint density at radius 2 is 1.47 bits per heavy atom. The van der Waals surface area contributed by atoms with Crippen molar-refractivity contribution >= 4 is 5.57 Å². The molecule has 0 unspecified atom stereocenters. The molecule has 1 aliphatic carbocycles. The van der Waals surface area contributed by atoms with E-state index in [-0.39, 0.29) is 5.41 Å². The second-order valence-electron chi connectivity index (χ2n) is 5.57. The SMILES string of the molecule is C[C@@]1(c2ccccc2)CCCC=C1c1ccccc1. The third kappa shape index (κ3) is 2.23. The fourth-order valence-corrected chi connectivity index (χ4v) is 3.22. The Morgan fingerprint density at radius 1 is 0.842 bits per heavy atom. The summed E-state index contributed by atoms with van der Waals surface area (Å²) in [6.45, 7) is 2.39. The normalized spacial score (nSPS) is 22.9. The van der Waals surface area contributed by atoms with Crippen LogP contribution in [0.25, 0.3) is 5.57 Å². The van der Waals surface area contributed by atoms with Crippen molar-refractivity contribution in [3.8, 4) is 0 Å². The van der Waals surface area contributed by atoms with Gasteiger partial charge in [0.25, 0.3) is 0 Å². The lowest BCUT2D eigenvalue weighted by atomic mass is 9.67. The lowest BCUT2D eigenvalue weighted by Crippen LogP contribution is -2.26. The van der Waals surface area contributed by atoms with Crippen molar-refractivity contribution in [1.29, 1.82) is 0 Å². The van der Waals surface area contributed by atoms with Crippen LogP contribution in [0.4, 0.5) is 0 Å². The molecule has 0 saturated heterocycles. The predicted octanol–water partition coefficient (Wildman–Crippen LogP) is 5.21. The fourth-order valence-electron chi connectivity index (χ4n) is 3.22. The summed E-state index contributed by atoms with van der Waals surface area (Å²) in [6, 6.07) is 21.8. The molecule has 3 rings (SSSR count). The first-order valence-electron chi connectivity index (χ1n) is 7.12. The lowest BCUT2D eigenvalue weighted by Gasteiger charge is -2.36. The number of hydrogen-bond acceptors (Lipinski definition) is 0. The first kappa shape index (κ1) is 12.2. The molecule has 0 bridgehead atoms. The fraction of sp³-hybridized carbons (Fsp3) is 0.263. The Bertz CT molecular complexity index is 566. The highest BCUT2D eigenvalue weighted by Crippen LogP contribution is 2.45. The number of rotatable bonds is 2. The van der Waals surface area contributed by atoms with Gasteiger partial charge in [-0.25, -0.2) is 0 Å². The smallest absolute Gasteiger partial charge is 0.0177 e. The topological polar surface area (TPSA) is 0 Å². The molecule has 0 amide bonds. The zero-order valence-corrected chi connectivity index (χ0v) is 11.5. The number of hydrogen-bond donors (Lipinski definition) is 0. The van der Waals surface area contributed by atoms with Crippen molar-refractivity contribution in [2.45, 2.75) is 31.6 Å². The molecule has 19 heavy (non-hydrogen) atoms. The van der Waals surface area contributed by atoms with Gasteiger partial charge in [0, 0.05) is 5.41 Å². The van der Waals surface area contributed by atoms with Gasteiger partial charge in [0.15, 0.2) is 0 Å².